The number of carbonyl (C=O) groups is 1. The van der Waals surface area contributed by atoms with E-state index >= 15 is 0 Å². The monoisotopic (exact) mass is 192 g/mol. The van der Waals surface area contributed by atoms with Gasteiger partial charge in [0.1, 0.15) is 11.5 Å². The number of methoxy groups -OCH3 is 1. The molecule has 0 spiro atoms. The molecule has 0 aromatic heterocycles. The lowest BCUT2D eigenvalue weighted by Gasteiger charge is -2.08. The minimum absolute atomic E-state index is 0.160. The molecule has 0 radical (unpaired) electrons. The number of Topliss-reactive ketones (excluding diaryl/α,β-unsaturated/α-hetero) is 1. The van der Waals surface area contributed by atoms with Crippen LogP contribution in [0.25, 0.3) is 0 Å². The van der Waals surface area contributed by atoms with Gasteiger partial charge in [-0.05, 0) is 25.0 Å². The molecule has 2 nitrogen and oxygen atoms in total. The standard InChI is InChI=1S/C12H16O2/c1-4-10-5-6-11(7-9(2)13)12(8-10)14-3/h5-6,8H,4,7H2,1-3H3. The molecule has 0 bridgehead atoms. The minimum atomic E-state index is 0.160. The molecule has 14 heavy (non-hydrogen) atoms. The lowest BCUT2D eigenvalue weighted by atomic mass is 10.0. The lowest BCUT2D eigenvalue weighted by molar-refractivity contribution is -0.116. The average Bonchev–Trinajstić information content (AvgIpc) is 2.17. The number of ether oxygens (including phenoxy) is 1. The first-order valence-electron chi connectivity index (χ1n) is 4.82. The number of hydrogen-bond acceptors (Lipinski definition) is 2. The summed E-state index contributed by atoms with van der Waals surface area (Å²) in [4.78, 5) is 11.0. The van der Waals surface area contributed by atoms with E-state index in [1.54, 1.807) is 14.0 Å². The van der Waals surface area contributed by atoms with Crippen LogP contribution >= 0.6 is 0 Å². The van der Waals surface area contributed by atoms with Crippen molar-refractivity contribution < 1.29 is 9.53 Å². The van der Waals surface area contributed by atoms with Crippen LogP contribution in [-0.4, -0.2) is 12.9 Å². The molecule has 0 heterocycles. The van der Waals surface area contributed by atoms with Gasteiger partial charge >= 0.3 is 0 Å². The molecule has 0 saturated carbocycles. The zero-order valence-electron chi connectivity index (χ0n) is 8.96. The minimum Gasteiger partial charge on any atom is -0.496 e. The van der Waals surface area contributed by atoms with E-state index in [1.807, 2.05) is 18.2 Å². The second kappa shape index (κ2) is 4.80. The van der Waals surface area contributed by atoms with Gasteiger partial charge in [-0.25, -0.2) is 0 Å². The lowest BCUT2D eigenvalue weighted by Crippen LogP contribution is -2.00. The number of carbonyl (C=O) groups excluding carboxylic acids is 1. The highest BCUT2D eigenvalue weighted by Gasteiger charge is 2.05. The van der Waals surface area contributed by atoms with E-state index in [0.717, 1.165) is 17.7 Å². The summed E-state index contributed by atoms with van der Waals surface area (Å²) < 4.78 is 5.24. The fourth-order valence-corrected chi connectivity index (χ4v) is 1.42. The number of benzene rings is 1. The molecule has 76 valence electrons. The number of aryl methyl sites for hydroxylation is 1. The Morgan fingerprint density at radius 2 is 2.14 bits per heavy atom. The van der Waals surface area contributed by atoms with E-state index < -0.39 is 0 Å². The van der Waals surface area contributed by atoms with Gasteiger partial charge in [-0.2, -0.15) is 0 Å². The highest BCUT2D eigenvalue weighted by atomic mass is 16.5. The van der Waals surface area contributed by atoms with Gasteiger partial charge < -0.3 is 4.74 Å². The molecule has 0 fully saturated rings. The van der Waals surface area contributed by atoms with Crippen LogP contribution in [0.5, 0.6) is 5.75 Å². The van der Waals surface area contributed by atoms with E-state index in [1.165, 1.54) is 5.56 Å². The summed E-state index contributed by atoms with van der Waals surface area (Å²) in [7, 11) is 1.64. The first-order valence-corrected chi connectivity index (χ1v) is 4.82. The third-order valence-corrected chi connectivity index (χ3v) is 2.20. The predicted molar refractivity (Wildman–Crippen MR) is 56.8 cm³/mol. The Balaban J connectivity index is 2.98. The summed E-state index contributed by atoms with van der Waals surface area (Å²) in [5, 5.41) is 0. The molecule has 0 saturated heterocycles. The molecule has 0 aliphatic rings. The molecule has 0 aliphatic heterocycles. The van der Waals surface area contributed by atoms with Crippen molar-refractivity contribution in [3.63, 3.8) is 0 Å². The second-order valence-electron chi connectivity index (χ2n) is 3.38. The Kier molecular flexibility index (Phi) is 3.69. The average molecular weight is 192 g/mol. The number of ketones is 1. The summed E-state index contributed by atoms with van der Waals surface area (Å²) in [6.45, 7) is 3.69. The zero-order valence-corrected chi connectivity index (χ0v) is 8.96. The quantitative estimate of drug-likeness (QED) is 0.732. The topological polar surface area (TPSA) is 26.3 Å². The maximum atomic E-state index is 11.0. The predicted octanol–water partition coefficient (Wildman–Crippen LogP) is 2.39. The van der Waals surface area contributed by atoms with E-state index in [0.29, 0.717) is 6.42 Å². The normalized spacial score (nSPS) is 9.93. The van der Waals surface area contributed by atoms with Crippen molar-refractivity contribution in [3.05, 3.63) is 29.3 Å². The molecule has 0 amide bonds. The molecule has 1 rings (SSSR count). The van der Waals surface area contributed by atoms with Gasteiger partial charge in [0.15, 0.2) is 0 Å². The van der Waals surface area contributed by atoms with Crippen LogP contribution in [-0.2, 0) is 17.6 Å². The molecule has 0 atom stereocenters. The second-order valence-corrected chi connectivity index (χ2v) is 3.38. The third kappa shape index (κ3) is 2.59. The first kappa shape index (κ1) is 10.8. The maximum absolute atomic E-state index is 11.0. The third-order valence-electron chi connectivity index (χ3n) is 2.20. The zero-order chi connectivity index (χ0) is 10.6. The molecular formula is C12H16O2. The van der Waals surface area contributed by atoms with Crippen molar-refractivity contribution in [2.75, 3.05) is 7.11 Å². The summed E-state index contributed by atoms with van der Waals surface area (Å²) in [6, 6.07) is 6.01. The van der Waals surface area contributed by atoms with E-state index in [9.17, 15) is 4.79 Å². The highest BCUT2D eigenvalue weighted by Crippen LogP contribution is 2.21. The Hall–Kier alpha value is -1.31. The van der Waals surface area contributed by atoms with Gasteiger partial charge in [-0.15, -0.1) is 0 Å². The Bertz CT molecular complexity index is 329. The van der Waals surface area contributed by atoms with Crippen LogP contribution in [0.1, 0.15) is 25.0 Å². The molecule has 0 aliphatic carbocycles. The molecule has 2 heteroatoms. The number of rotatable bonds is 4. The fraction of sp³-hybridized carbons (Fsp3) is 0.417. The van der Waals surface area contributed by atoms with E-state index in [4.69, 9.17) is 4.74 Å². The van der Waals surface area contributed by atoms with Crippen molar-refractivity contribution in [1.29, 1.82) is 0 Å². The summed E-state index contributed by atoms with van der Waals surface area (Å²) in [5.74, 6) is 0.979. The van der Waals surface area contributed by atoms with E-state index in [2.05, 4.69) is 6.92 Å². The van der Waals surface area contributed by atoms with Gasteiger partial charge in [0.05, 0.1) is 7.11 Å². The Labute approximate surface area is 84.9 Å². The van der Waals surface area contributed by atoms with Crippen LogP contribution in [0.3, 0.4) is 0 Å². The Morgan fingerprint density at radius 3 is 2.64 bits per heavy atom. The van der Waals surface area contributed by atoms with Crippen LogP contribution < -0.4 is 4.74 Å². The van der Waals surface area contributed by atoms with Crippen LogP contribution in [0.4, 0.5) is 0 Å². The van der Waals surface area contributed by atoms with Crippen LogP contribution in [0.2, 0.25) is 0 Å². The highest BCUT2D eigenvalue weighted by molar-refractivity contribution is 5.79. The summed E-state index contributed by atoms with van der Waals surface area (Å²) in [6.07, 6.45) is 1.43. The van der Waals surface area contributed by atoms with Crippen molar-refractivity contribution in [2.24, 2.45) is 0 Å². The largest absolute Gasteiger partial charge is 0.496 e. The van der Waals surface area contributed by atoms with Gasteiger partial charge in [0.25, 0.3) is 0 Å². The van der Waals surface area contributed by atoms with Gasteiger partial charge in [-0.1, -0.05) is 19.1 Å². The van der Waals surface area contributed by atoms with Crippen molar-refractivity contribution in [1.82, 2.24) is 0 Å². The Morgan fingerprint density at radius 1 is 1.43 bits per heavy atom. The van der Waals surface area contributed by atoms with Gasteiger partial charge in [0, 0.05) is 12.0 Å². The van der Waals surface area contributed by atoms with Crippen molar-refractivity contribution in [2.45, 2.75) is 26.7 Å². The number of hydrogen-bond donors (Lipinski definition) is 0. The molecule has 1 aromatic rings. The van der Waals surface area contributed by atoms with Crippen LogP contribution in [0.15, 0.2) is 18.2 Å². The van der Waals surface area contributed by atoms with E-state index in [-0.39, 0.29) is 5.78 Å². The molecule has 0 unspecified atom stereocenters. The van der Waals surface area contributed by atoms with Gasteiger partial charge in [-0.3, -0.25) is 4.79 Å². The first-order chi connectivity index (χ1) is 6.67. The molecule has 1 aromatic carbocycles. The maximum Gasteiger partial charge on any atom is 0.134 e. The summed E-state index contributed by atoms with van der Waals surface area (Å²) in [5.41, 5.74) is 2.20. The summed E-state index contributed by atoms with van der Waals surface area (Å²) >= 11 is 0. The van der Waals surface area contributed by atoms with Crippen molar-refractivity contribution in [3.8, 4) is 5.75 Å². The molecule has 0 N–H and O–H groups in total. The van der Waals surface area contributed by atoms with Crippen LogP contribution in [0, 0.1) is 0 Å². The van der Waals surface area contributed by atoms with Gasteiger partial charge in [0.2, 0.25) is 0 Å². The van der Waals surface area contributed by atoms with Crippen molar-refractivity contribution >= 4 is 5.78 Å². The SMILES string of the molecule is CCc1ccc(CC(C)=O)c(OC)c1. The fourth-order valence-electron chi connectivity index (χ4n) is 1.42. The molecular weight excluding hydrogens is 176 g/mol. The smallest absolute Gasteiger partial charge is 0.134 e.